The average molecular weight is 462 g/mol. The van der Waals surface area contributed by atoms with Gasteiger partial charge in [0.05, 0.1) is 31.1 Å². The van der Waals surface area contributed by atoms with Crippen LogP contribution in [0.1, 0.15) is 13.3 Å². The molecule has 0 bridgehead atoms. The van der Waals surface area contributed by atoms with Gasteiger partial charge < -0.3 is 24.7 Å². The Morgan fingerprint density at radius 3 is 2.56 bits per heavy atom. The summed E-state index contributed by atoms with van der Waals surface area (Å²) >= 11 is 0. The molecule has 4 heterocycles. The van der Waals surface area contributed by atoms with Gasteiger partial charge in [0, 0.05) is 50.7 Å². The summed E-state index contributed by atoms with van der Waals surface area (Å²) in [6, 6.07) is 13.6. The van der Waals surface area contributed by atoms with Gasteiger partial charge in [0.2, 0.25) is 5.91 Å². The molecule has 2 aromatic carbocycles. The SMILES string of the molecule is C[C@@H](Oc1cc(-c2ccc(N3CCN(C4COC4)CC3)cc2)cc2nc[nH]c12)[C@H]1CNC(=O)C1. The predicted octanol–water partition coefficient (Wildman–Crippen LogP) is 2.65. The second-order valence-corrected chi connectivity index (χ2v) is 9.62. The van der Waals surface area contributed by atoms with Crippen LogP contribution in [0.3, 0.4) is 0 Å². The highest BCUT2D eigenvalue weighted by Crippen LogP contribution is 2.33. The highest BCUT2D eigenvalue weighted by Gasteiger charge is 2.30. The zero-order valence-electron chi connectivity index (χ0n) is 19.5. The Labute approximate surface area is 199 Å². The smallest absolute Gasteiger partial charge is 0.220 e. The third-order valence-corrected chi connectivity index (χ3v) is 7.50. The molecule has 1 aromatic heterocycles. The second-order valence-electron chi connectivity index (χ2n) is 9.62. The fourth-order valence-electron chi connectivity index (χ4n) is 5.17. The normalized spacial score (nSPS) is 22.6. The summed E-state index contributed by atoms with van der Waals surface area (Å²) in [4.78, 5) is 24.3. The van der Waals surface area contributed by atoms with Gasteiger partial charge in [0.15, 0.2) is 0 Å². The molecule has 8 nitrogen and oxygen atoms in total. The number of carbonyl (C=O) groups is 1. The van der Waals surface area contributed by atoms with E-state index in [4.69, 9.17) is 9.47 Å². The van der Waals surface area contributed by atoms with Gasteiger partial charge in [-0.3, -0.25) is 9.69 Å². The summed E-state index contributed by atoms with van der Waals surface area (Å²) in [5.41, 5.74) is 5.23. The van der Waals surface area contributed by atoms with Crippen molar-refractivity contribution in [3.05, 3.63) is 42.7 Å². The number of nitrogens with zero attached hydrogens (tertiary/aromatic N) is 3. The van der Waals surface area contributed by atoms with Crippen LogP contribution in [0.15, 0.2) is 42.7 Å². The lowest BCUT2D eigenvalue weighted by molar-refractivity contribution is -0.119. The van der Waals surface area contributed by atoms with Gasteiger partial charge >= 0.3 is 0 Å². The maximum atomic E-state index is 11.6. The Hall–Kier alpha value is -3.10. The van der Waals surface area contributed by atoms with Crippen LogP contribution in [0.25, 0.3) is 22.2 Å². The Bertz CT molecular complexity index is 1160. The summed E-state index contributed by atoms with van der Waals surface area (Å²) in [5.74, 6) is 1.04. The number of hydrogen-bond donors (Lipinski definition) is 2. The topological polar surface area (TPSA) is 82.7 Å². The Balaban J connectivity index is 1.19. The molecule has 0 saturated carbocycles. The quantitative estimate of drug-likeness (QED) is 0.587. The number of ether oxygens (including phenoxy) is 2. The molecular formula is C26H31N5O3. The molecule has 0 radical (unpaired) electrons. The lowest BCUT2D eigenvalue weighted by Gasteiger charge is -2.43. The van der Waals surface area contributed by atoms with Gasteiger partial charge in [-0.1, -0.05) is 12.1 Å². The maximum Gasteiger partial charge on any atom is 0.220 e. The van der Waals surface area contributed by atoms with Crippen LogP contribution < -0.4 is 15.0 Å². The summed E-state index contributed by atoms with van der Waals surface area (Å²) in [7, 11) is 0. The molecule has 3 aromatic rings. The zero-order chi connectivity index (χ0) is 23.1. The Morgan fingerprint density at radius 1 is 1.09 bits per heavy atom. The molecule has 8 heteroatoms. The summed E-state index contributed by atoms with van der Waals surface area (Å²) in [5, 5.41) is 2.90. The molecule has 1 amide bonds. The lowest BCUT2D eigenvalue weighted by Crippen LogP contribution is -2.56. The lowest BCUT2D eigenvalue weighted by atomic mass is 10.0. The Morgan fingerprint density at radius 2 is 1.88 bits per heavy atom. The fourth-order valence-corrected chi connectivity index (χ4v) is 5.17. The molecule has 3 aliphatic rings. The fraction of sp³-hybridized carbons (Fsp3) is 0.462. The number of imidazole rings is 1. The molecule has 6 rings (SSSR count). The van der Waals surface area contributed by atoms with Gasteiger partial charge in [0.25, 0.3) is 0 Å². The largest absolute Gasteiger partial charge is 0.488 e. The molecule has 3 aliphatic heterocycles. The first-order valence-corrected chi connectivity index (χ1v) is 12.2. The van der Waals surface area contributed by atoms with E-state index in [1.807, 2.05) is 6.92 Å². The van der Waals surface area contributed by atoms with E-state index in [0.29, 0.717) is 19.0 Å². The molecule has 0 aliphatic carbocycles. The van der Waals surface area contributed by atoms with Gasteiger partial charge in [-0.2, -0.15) is 0 Å². The molecule has 3 fully saturated rings. The number of rotatable bonds is 6. The molecule has 34 heavy (non-hydrogen) atoms. The minimum atomic E-state index is -0.0757. The van der Waals surface area contributed by atoms with Crippen molar-refractivity contribution in [3.8, 4) is 16.9 Å². The number of aromatic amines is 1. The van der Waals surface area contributed by atoms with Gasteiger partial charge in [-0.25, -0.2) is 4.98 Å². The number of benzene rings is 2. The van der Waals surface area contributed by atoms with Crippen molar-refractivity contribution in [3.63, 3.8) is 0 Å². The Kier molecular flexibility index (Phi) is 5.63. The third-order valence-electron chi connectivity index (χ3n) is 7.50. The molecular weight excluding hydrogens is 430 g/mol. The van der Waals surface area contributed by atoms with E-state index in [1.54, 1.807) is 6.33 Å². The van der Waals surface area contributed by atoms with Crippen LogP contribution in [0.2, 0.25) is 0 Å². The first-order chi connectivity index (χ1) is 16.6. The van der Waals surface area contributed by atoms with E-state index in [0.717, 1.165) is 67.3 Å². The highest BCUT2D eigenvalue weighted by molar-refractivity contribution is 5.87. The summed E-state index contributed by atoms with van der Waals surface area (Å²) < 4.78 is 11.7. The number of fused-ring (bicyclic) bond motifs is 1. The first kappa shape index (κ1) is 21.4. The number of anilines is 1. The molecule has 0 unspecified atom stereocenters. The van der Waals surface area contributed by atoms with Crippen molar-refractivity contribution in [2.75, 3.05) is 50.8 Å². The zero-order valence-corrected chi connectivity index (χ0v) is 19.5. The van der Waals surface area contributed by atoms with Crippen LogP contribution in [-0.4, -0.2) is 78.9 Å². The van der Waals surface area contributed by atoms with Crippen LogP contribution in [0.5, 0.6) is 5.75 Å². The number of hydrogen-bond acceptors (Lipinski definition) is 6. The van der Waals surface area contributed by atoms with Crippen molar-refractivity contribution in [2.45, 2.75) is 25.5 Å². The van der Waals surface area contributed by atoms with Gasteiger partial charge in [-0.15, -0.1) is 0 Å². The van der Waals surface area contributed by atoms with Crippen molar-refractivity contribution in [2.24, 2.45) is 5.92 Å². The molecule has 178 valence electrons. The molecule has 2 N–H and O–H groups in total. The second kappa shape index (κ2) is 8.92. The minimum Gasteiger partial charge on any atom is -0.488 e. The van der Waals surface area contributed by atoms with Crippen LogP contribution in [0.4, 0.5) is 5.69 Å². The number of nitrogens with one attached hydrogen (secondary N) is 2. The molecule has 2 atom stereocenters. The summed E-state index contributed by atoms with van der Waals surface area (Å²) in [6.07, 6.45) is 2.13. The van der Waals surface area contributed by atoms with Crippen LogP contribution in [0, 0.1) is 5.92 Å². The van der Waals surface area contributed by atoms with Crippen molar-refractivity contribution in [1.82, 2.24) is 20.2 Å². The molecule has 3 saturated heterocycles. The number of piperazine rings is 1. The predicted molar refractivity (Wildman–Crippen MR) is 131 cm³/mol. The van der Waals surface area contributed by atoms with Crippen molar-refractivity contribution >= 4 is 22.6 Å². The minimum absolute atomic E-state index is 0.0757. The van der Waals surface area contributed by atoms with Gasteiger partial charge in [0.1, 0.15) is 17.4 Å². The number of amides is 1. The monoisotopic (exact) mass is 461 g/mol. The van der Waals surface area contributed by atoms with E-state index in [-0.39, 0.29) is 17.9 Å². The van der Waals surface area contributed by atoms with E-state index in [9.17, 15) is 4.79 Å². The number of H-pyrrole nitrogens is 1. The van der Waals surface area contributed by atoms with E-state index in [2.05, 4.69) is 61.5 Å². The maximum absolute atomic E-state index is 11.6. The van der Waals surface area contributed by atoms with E-state index in [1.165, 1.54) is 5.69 Å². The average Bonchev–Trinajstić information content (AvgIpc) is 3.48. The first-order valence-electron chi connectivity index (χ1n) is 12.2. The van der Waals surface area contributed by atoms with E-state index < -0.39 is 0 Å². The van der Waals surface area contributed by atoms with Crippen LogP contribution >= 0.6 is 0 Å². The van der Waals surface area contributed by atoms with Crippen molar-refractivity contribution in [1.29, 1.82) is 0 Å². The van der Waals surface area contributed by atoms with Gasteiger partial charge in [-0.05, 0) is 42.3 Å². The number of carbonyl (C=O) groups excluding carboxylic acids is 1. The molecule has 0 spiro atoms. The standard InChI is InChI=1S/C26H31N5O3/c1-17(20-12-25(32)27-13-20)34-24-11-19(10-23-26(24)29-16-28-23)18-2-4-21(5-3-18)30-6-8-31(9-7-30)22-14-33-15-22/h2-5,10-11,16-17,20,22H,6-9,12-15H2,1H3,(H,27,32)(H,28,29)/t17-,20-/m1/s1. The summed E-state index contributed by atoms with van der Waals surface area (Å²) in [6.45, 7) is 8.73. The van der Waals surface area contributed by atoms with E-state index >= 15 is 0 Å². The number of aromatic nitrogens is 2. The van der Waals surface area contributed by atoms with Crippen LogP contribution in [-0.2, 0) is 9.53 Å². The highest BCUT2D eigenvalue weighted by atomic mass is 16.5. The third kappa shape index (κ3) is 4.12. The van der Waals surface area contributed by atoms with Crippen molar-refractivity contribution < 1.29 is 14.3 Å².